The lowest BCUT2D eigenvalue weighted by atomic mass is 10.1. The largest absolute Gasteiger partial charge is 0.471 e. The number of likely N-dealkylation sites (tertiary alicyclic amines) is 1. The average Bonchev–Trinajstić information content (AvgIpc) is 2.28. The van der Waals surface area contributed by atoms with E-state index in [0.29, 0.717) is 25.9 Å². The first-order valence-electron chi connectivity index (χ1n) is 5.53. The van der Waals surface area contributed by atoms with Crippen molar-refractivity contribution >= 4 is 5.91 Å². The Bertz CT molecular complexity index is 250. The van der Waals surface area contributed by atoms with Crippen molar-refractivity contribution in [2.24, 2.45) is 0 Å². The third-order valence-electron chi connectivity index (χ3n) is 2.63. The van der Waals surface area contributed by atoms with E-state index in [-0.39, 0.29) is 25.8 Å². The maximum absolute atomic E-state index is 12.1. The highest BCUT2D eigenvalue weighted by atomic mass is 19.4. The number of carbonyl (C=O) groups is 1. The topological polar surface area (TPSA) is 49.8 Å². The molecule has 0 bridgehead atoms. The number of halogens is 3. The number of aliphatic hydroxyl groups excluding tert-OH is 1. The number of piperidine rings is 1. The molecule has 1 saturated heterocycles. The molecule has 1 heterocycles. The number of alkyl halides is 3. The van der Waals surface area contributed by atoms with Gasteiger partial charge in [-0.3, -0.25) is 4.79 Å². The molecule has 1 aliphatic heterocycles. The van der Waals surface area contributed by atoms with Gasteiger partial charge >= 0.3 is 12.1 Å². The van der Waals surface area contributed by atoms with Crippen LogP contribution in [0.1, 0.15) is 19.3 Å². The van der Waals surface area contributed by atoms with E-state index < -0.39 is 12.1 Å². The molecule has 0 unspecified atom stereocenters. The van der Waals surface area contributed by atoms with Gasteiger partial charge in [0.25, 0.3) is 0 Å². The second kappa shape index (κ2) is 6.20. The molecule has 0 aromatic carbocycles. The summed E-state index contributed by atoms with van der Waals surface area (Å²) in [6.07, 6.45) is -3.56. The molecule has 1 amide bonds. The van der Waals surface area contributed by atoms with E-state index in [1.807, 2.05) is 0 Å². The van der Waals surface area contributed by atoms with E-state index >= 15 is 0 Å². The van der Waals surface area contributed by atoms with Gasteiger partial charge in [0.2, 0.25) is 0 Å². The molecule has 0 saturated carbocycles. The predicted molar refractivity (Wildman–Crippen MR) is 53.3 cm³/mol. The Hall–Kier alpha value is -0.820. The molecule has 0 atom stereocenters. The van der Waals surface area contributed by atoms with Crippen LogP contribution in [-0.4, -0.2) is 54.5 Å². The van der Waals surface area contributed by atoms with Gasteiger partial charge in [-0.25, -0.2) is 0 Å². The second-order valence-electron chi connectivity index (χ2n) is 3.94. The van der Waals surface area contributed by atoms with E-state index in [0.717, 1.165) is 4.90 Å². The number of nitrogens with zero attached hydrogens (tertiary/aromatic N) is 1. The Morgan fingerprint density at radius 1 is 1.35 bits per heavy atom. The molecule has 100 valence electrons. The van der Waals surface area contributed by atoms with Crippen LogP contribution in [0.25, 0.3) is 0 Å². The third kappa shape index (κ3) is 4.51. The predicted octanol–water partition coefficient (Wildman–Crippen LogP) is 0.939. The molecule has 4 nitrogen and oxygen atoms in total. The summed E-state index contributed by atoms with van der Waals surface area (Å²) in [6.45, 7) is 0.573. The maximum Gasteiger partial charge on any atom is 0.471 e. The quantitative estimate of drug-likeness (QED) is 0.760. The first-order valence-corrected chi connectivity index (χ1v) is 5.53. The zero-order valence-corrected chi connectivity index (χ0v) is 9.37. The zero-order chi connectivity index (χ0) is 12.9. The van der Waals surface area contributed by atoms with Gasteiger partial charge < -0.3 is 14.7 Å². The molecule has 7 heteroatoms. The van der Waals surface area contributed by atoms with Crippen molar-refractivity contribution in [2.75, 3.05) is 26.3 Å². The van der Waals surface area contributed by atoms with Crippen LogP contribution in [-0.2, 0) is 9.53 Å². The zero-order valence-electron chi connectivity index (χ0n) is 9.37. The highest BCUT2D eigenvalue weighted by Crippen LogP contribution is 2.22. The van der Waals surface area contributed by atoms with Gasteiger partial charge in [-0.15, -0.1) is 0 Å². The minimum Gasteiger partial charge on any atom is -0.396 e. The highest BCUT2D eigenvalue weighted by Gasteiger charge is 2.43. The second-order valence-corrected chi connectivity index (χ2v) is 3.94. The fraction of sp³-hybridized carbons (Fsp3) is 0.900. The van der Waals surface area contributed by atoms with Crippen LogP contribution in [0.3, 0.4) is 0 Å². The Kier molecular flexibility index (Phi) is 5.20. The minimum absolute atomic E-state index is 0.0331. The number of amides is 1. The Morgan fingerprint density at radius 2 is 1.94 bits per heavy atom. The maximum atomic E-state index is 12.1. The molecule has 1 rings (SSSR count). The average molecular weight is 255 g/mol. The van der Waals surface area contributed by atoms with Crippen LogP contribution in [0.4, 0.5) is 13.2 Å². The molecule has 1 N–H and O–H groups in total. The van der Waals surface area contributed by atoms with E-state index in [4.69, 9.17) is 9.84 Å². The molecule has 0 radical (unpaired) electrons. The van der Waals surface area contributed by atoms with Crippen molar-refractivity contribution in [1.29, 1.82) is 0 Å². The minimum atomic E-state index is -4.79. The molecule has 1 aliphatic rings. The molecule has 17 heavy (non-hydrogen) atoms. The standard InChI is InChI=1S/C10H16F3NO3/c11-10(12,13)9(16)14-4-2-8(3-5-14)17-7-1-6-15/h8,15H,1-7H2. The fourth-order valence-corrected chi connectivity index (χ4v) is 1.72. The van der Waals surface area contributed by atoms with Crippen molar-refractivity contribution < 1.29 is 27.8 Å². The van der Waals surface area contributed by atoms with Crippen LogP contribution >= 0.6 is 0 Å². The van der Waals surface area contributed by atoms with Gasteiger partial charge in [0.05, 0.1) is 6.10 Å². The summed E-state index contributed by atoms with van der Waals surface area (Å²) in [6, 6.07) is 0. The SMILES string of the molecule is O=C(N1CCC(OCCCO)CC1)C(F)(F)F. The molecule has 0 aromatic rings. The summed E-state index contributed by atoms with van der Waals surface area (Å²) in [5.41, 5.74) is 0. The van der Waals surface area contributed by atoms with E-state index in [9.17, 15) is 18.0 Å². The number of hydrogen-bond acceptors (Lipinski definition) is 3. The van der Waals surface area contributed by atoms with Gasteiger partial charge in [0.15, 0.2) is 0 Å². The fourth-order valence-electron chi connectivity index (χ4n) is 1.72. The van der Waals surface area contributed by atoms with Crippen molar-refractivity contribution in [3.63, 3.8) is 0 Å². The Labute approximate surface area is 97.3 Å². The molecular weight excluding hydrogens is 239 g/mol. The van der Waals surface area contributed by atoms with Crippen LogP contribution in [0.5, 0.6) is 0 Å². The number of ether oxygens (including phenoxy) is 1. The number of rotatable bonds is 4. The van der Waals surface area contributed by atoms with Crippen LogP contribution in [0.2, 0.25) is 0 Å². The lowest BCUT2D eigenvalue weighted by Crippen LogP contribution is -2.46. The Morgan fingerprint density at radius 3 is 2.41 bits per heavy atom. The summed E-state index contributed by atoms with van der Waals surface area (Å²) in [7, 11) is 0. The van der Waals surface area contributed by atoms with Gasteiger partial charge in [-0.2, -0.15) is 13.2 Å². The van der Waals surface area contributed by atoms with Crippen molar-refractivity contribution in [2.45, 2.75) is 31.5 Å². The van der Waals surface area contributed by atoms with Gasteiger partial charge in [0.1, 0.15) is 0 Å². The summed E-state index contributed by atoms with van der Waals surface area (Å²) < 4.78 is 41.7. The lowest BCUT2D eigenvalue weighted by molar-refractivity contribution is -0.187. The van der Waals surface area contributed by atoms with Crippen molar-refractivity contribution in [1.82, 2.24) is 4.90 Å². The first-order chi connectivity index (χ1) is 7.95. The van der Waals surface area contributed by atoms with Crippen LogP contribution < -0.4 is 0 Å². The van der Waals surface area contributed by atoms with Gasteiger partial charge in [-0.1, -0.05) is 0 Å². The van der Waals surface area contributed by atoms with Crippen molar-refractivity contribution in [3.05, 3.63) is 0 Å². The molecular formula is C10H16F3NO3. The summed E-state index contributed by atoms with van der Waals surface area (Å²) >= 11 is 0. The number of carbonyl (C=O) groups excluding carboxylic acids is 1. The molecule has 0 aliphatic carbocycles. The highest BCUT2D eigenvalue weighted by molar-refractivity contribution is 5.81. The summed E-state index contributed by atoms with van der Waals surface area (Å²) in [4.78, 5) is 11.7. The third-order valence-corrected chi connectivity index (χ3v) is 2.63. The van der Waals surface area contributed by atoms with Gasteiger partial charge in [0, 0.05) is 26.3 Å². The van der Waals surface area contributed by atoms with Crippen LogP contribution in [0, 0.1) is 0 Å². The summed E-state index contributed by atoms with van der Waals surface area (Å²) in [5.74, 6) is -1.77. The van der Waals surface area contributed by atoms with Crippen molar-refractivity contribution in [3.8, 4) is 0 Å². The number of hydrogen-bond donors (Lipinski definition) is 1. The number of aliphatic hydroxyl groups is 1. The lowest BCUT2D eigenvalue weighted by Gasteiger charge is -2.32. The first kappa shape index (κ1) is 14.2. The smallest absolute Gasteiger partial charge is 0.396 e. The molecule has 0 spiro atoms. The normalized spacial score (nSPS) is 18.5. The van der Waals surface area contributed by atoms with E-state index in [1.54, 1.807) is 0 Å². The van der Waals surface area contributed by atoms with E-state index in [1.165, 1.54) is 0 Å². The Balaban J connectivity index is 2.28. The van der Waals surface area contributed by atoms with E-state index in [2.05, 4.69) is 0 Å². The molecule has 0 aromatic heterocycles. The van der Waals surface area contributed by atoms with Gasteiger partial charge in [-0.05, 0) is 19.3 Å². The van der Waals surface area contributed by atoms with Crippen LogP contribution in [0.15, 0.2) is 0 Å². The monoisotopic (exact) mass is 255 g/mol. The molecule has 1 fully saturated rings. The summed E-state index contributed by atoms with van der Waals surface area (Å²) in [5, 5.41) is 8.54.